The number of rotatable bonds is 9. The molecule has 0 saturated heterocycles. The smallest absolute Gasteiger partial charge is 0.214 e. The fraction of sp³-hybridized carbons (Fsp3) is 1.00. The first-order chi connectivity index (χ1) is 8.33. The number of hydrogen-bond donors (Lipinski definition) is 1. The van der Waals surface area contributed by atoms with Gasteiger partial charge in [0.2, 0.25) is 10.0 Å². The van der Waals surface area contributed by atoms with Crippen molar-refractivity contribution in [1.82, 2.24) is 9.62 Å². The molecule has 1 aliphatic carbocycles. The number of nitrogens with one attached hydrogen (secondary N) is 1. The zero-order valence-electron chi connectivity index (χ0n) is 12.1. The molecule has 0 bridgehead atoms. The van der Waals surface area contributed by atoms with Crippen molar-refractivity contribution in [1.29, 1.82) is 0 Å². The van der Waals surface area contributed by atoms with Crippen molar-refractivity contribution in [3.05, 3.63) is 0 Å². The lowest BCUT2D eigenvalue weighted by Gasteiger charge is -2.27. The molecule has 0 aromatic carbocycles. The minimum atomic E-state index is -3.10. The summed E-state index contributed by atoms with van der Waals surface area (Å²) in [6.45, 7) is 9.44. The van der Waals surface area contributed by atoms with Gasteiger partial charge in [-0.2, -0.15) is 4.31 Å². The summed E-state index contributed by atoms with van der Waals surface area (Å²) in [5.41, 5.74) is 0. The van der Waals surface area contributed by atoms with Gasteiger partial charge in [0.15, 0.2) is 0 Å². The highest BCUT2D eigenvalue weighted by molar-refractivity contribution is 7.89. The van der Waals surface area contributed by atoms with Gasteiger partial charge < -0.3 is 5.32 Å². The summed E-state index contributed by atoms with van der Waals surface area (Å²) < 4.78 is 26.2. The van der Waals surface area contributed by atoms with E-state index < -0.39 is 10.0 Å². The van der Waals surface area contributed by atoms with Crippen molar-refractivity contribution >= 4 is 10.0 Å². The van der Waals surface area contributed by atoms with Gasteiger partial charge in [0.05, 0.1) is 5.75 Å². The van der Waals surface area contributed by atoms with Crippen LogP contribution in [0.1, 0.15) is 47.0 Å². The molecule has 0 atom stereocenters. The average Bonchev–Trinajstić information content (AvgIpc) is 3.04. The van der Waals surface area contributed by atoms with E-state index in [1.165, 1.54) is 12.8 Å². The van der Waals surface area contributed by atoms with Crippen LogP contribution in [0.25, 0.3) is 0 Å². The van der Waals surface area contributed by atoms with Crippen LogP contribution in [-0.4, -0.2) is 43.6 Å². The first-order valence-electron chi connectivity index (χ1n) is 7.06. The van der Waals surface area contributed by atoms with Crippen LogP contribution in [0.4, 0.5) is 0 Å². The van der Waals surface area contributed by atoms with E-state index in [1.807, 2.05) is 13.8 Å². The van der Waals surface area contributed by atoms with Crippen LogP contribution < -0.4 is 5.32 Å². The summed E-state index contributed by atoms with van der Waals surface area (Å²) in [6, 6.07) is 0.707. The lowest BCUT2D eigenvalue weighted by molar-refractivity contribution is 0.318. The van der Waals surface area contributed by atoms with Gasteiger partial charge in [-0.25, -0.2) is 8.42 Å². The Morgan fingerprint density at radius 3 is 2.28 bits per heavy atom. The van der Waals surface area contributed by atoms with Crippen LogP contribution >= 0.6 is 0 Å². The molecule has 1 N–H and O–H groups in total. The SMILES string of the molecule is CC(C)CN(C(C)C)S(=O)(=O)CCCNC1CC1. The van der Waals surface area contributed by atoms with Gasteiger partial charge in [-0.05, 0) is 45.6 Å². The van der Waals surface area contributed by atoms with E-state index in [-0.39, 0.29) is 11.8 Å². The molecule has 18 heavy (non-hydrogen) atoms. The predicted molar refractivity (Wildman–Crippen MR) is 76.1 cm³/mol. The molecule has 0 radical (unpaired) electrons. The van der Waals surface area contributed by atoms with Crippen molar-refractivity contribution < 1.29 is 8.42 Å². The summed E-state index contributed by atoms with van der Waals surface area (Å²) in [4.78, 5) is 0. The zero-order chi connectivity index (χ0) is 13.8. The van der Waals surface area contributed by atoms with Gasteiger partial charge in [-0.1, -0.05) is 13.8 Å². The molecule has 1 saturated carbocycles. The van der Waals surface area contributed by atoms with Crippen molar-refractivity contribution in [2.45, 2.75) is 59.0 Å². The van der Waals surface area contributed by atoms with Crippen molar-refractivity contribution in [3.63, 3.8) is 0 Å². The maximum atomic E-state index is 12.3. The summed E-state index contributed by atoms with van der Waals surface area (Å²) in [5, 5.41) is 3.36. The monoisotopic (exact) mass is 276 g/mol. The Morgan fingerprint density at radius 2 is 1.83 bits per heavy atom. The number of nitrogens with zero attached hydrogens (tertiary/aromatic N) is 1. The third kappa shape index (κ3) is 5.67. The standard InChI is InChI=1S/C13H28N2O2S/c1-11(2)10-15(12(3)4)18(16,17)9-5-8-14-13-6-7-13/h11-14H,5-10H2,1-4H3. The normalized spacial score (nSPS) is 17.1. The number of sulfonamides is 1. The molecule has 0 heterocycles. The topological polar surface area (TPSA) is 49.4 Å². The molecule has 1 rings (SSSR count). The largest absolute Gasteiger partial charge is 0.314 e. The third-order valence-electron chi connectivity index (χ3n) is 3.07. The van der Waals surface area contributed by atoms with Gasteiger partial charge in [0, 0.05) is 18.6 Å². The molecule has 0 unspecified atom stereocenters. The fourth-order valence-corrected chi connectivity index (χ4v) is 3.88. The van der Waals surface area contributed by atoms with Crippen molar-refractivity contribution in [2.24, 2.45) is 5.92 Å². The highest BCUT2D eigenvalue weighted by Crippen LogP contribution is 2.18. The molecule has 108 valence electrons. The van der Waals surface area contributed by atoms with Crippen LogP contribution in [0.15, 0.2) is 0 Å². The summed E-state index contributed by atoms with van der Waals surface area (Å²) in [5.74, 6) is 0.629. The van der Waals surface area contributed by atoms with E-state index in [0.717, 1.165) is 6.54 Å². The zero-order valence-corrected chi connectivity index (χ0v) is 13.0. The second-order valence-electron chi connectivity index (χ2n) is 5.96. The first-order valence-corrected chi connectivity index (χ1v) is 8.66. The van der Waals surface area contributed by atoms with E-state index in [1.54, 1.807) is 4.31 Å². The van der Waals surface area contributed by atoms with E-state index in [4.69, 9.17) is 0 Å². The average molecular weight is 276 g/mol. The van der Waals surface area contributed by atoms with E-state index in [2.05, 4.69) is 19.2 Å². The molecule has 1 aliphatic rings. The highest BCUT2D eigenvalue weighted by Gasteiger charge is 2.25. The van der Waals surface area contributed by atoms with Crippen LogP contribution in [0.5, 0.6) is 0 Å². The van der Waals surface area contributed by atoms with Gasteiger partial charge in [0.1, 0.15) is 0 Å². The Balaban J connectivity index is 2.40. The maximum Gasteiger partial charge on any atom is 0.214 e. The Labute approximate surface area is 112 Å². The lowest BCUT2D eigenvalue weighted by Crippen LogP contribution is -2.41. The molecule has 4 nitrogen and oxygen atoms in total. The van der Waals surface area contributed by atoms with Crippen LogP contribution in [0, 0.1) is 5.92 Å². The third-order valence-corrected chi connectivity index (χ3v) is 5.16. The fourth-order valence-electron chi connectivity index (χ4n) is 1.97. The van der Waals surface area contributed by atoms with Crippen LogP contribution in [-0.2, 0) is 10.0 Å². The Bertz CT molecular complexity index is 335. The maximum absolute atomic E-state index is 12.3. The predicted octanol–water partition coefficient (Wildman–Crippen LogP) is 1.82. The number of hydrogen-bond acceptors (Lipinski definition) is 3. The van der Waals surface area contributed by atoms with E-state index >= 15 is 0 Å². The second kappa shape index (κ2) is 6.87. The summed E-state index contributed by atoms with van der Waals surface area (Å²) >= 11 is 0. The molecule has 0 aliphatic heterocycles. The minimum absolute atomic E-state index is 0.0498. The van der Waals surface area contributed by atoms with E-state index in [0.29, 0.717) is 24.9 Å². The Hall–Kier alpha value is -0.130. The molecule has 0 amide bonds. The quantitative estimate of drug-likeness (QED) is 0.654. The molecule has 0 aromatic heterocycles. The Morgan fingerprint density at radius 1 is 1.22 bits per heavy atom. The van der Waals surface area contributed by atoms with Gasteiger partial charge >= 0.3 is 0 Å². The summed E-state index contributed by atoms with van der Waals surface area (Å²) in [7, 11) is -3.10. The molecular formula is C13H28N2O2S. The molecule has 5 heteroatoms. The van der Waals surface area contributed by atoms with Gasteiger partial charge in [0.25, 0.3) is 0 Å². The Kier molecular flexibility index (Phi) is 6.08. The second-order valence-corrected chi connectivity index (χ2v) is 8.00. The molecule has 0 aromatic rings. The van der Waals surface area contributed by atoms with Gasteiger partial charge in [-0.3, -0.25) is 0 Å². The first kappa shape index (κ1) is 15.9. The molecular weight excluding hydrogens is 248 g/mol. The van der Waals surface area contributed by atoms with Crippen molar-refractivity contribution in [2.75, 3.05) is 18.8 Å². The van der Waals surface area contributed by atoms with Gasteiger partial charge in [-0.15, -0.1) is 0 Å². The highest BCUT2D eigenvalue weighted by atomic mass is 32.2. The lowest BCUT2D eigenvalue weighted by atomic mass is 10.2. The van der Waals surface area contributed by atoms with Crippen LogP contribution in [0.2, 0.25) is 0 Å². The minimum Gasteiger partial charge on any atom is -0.314 e. The summed E-state index contributed by atoms with van der Waals surface area (Å²) in [6.07, 6.45) is 3.20. The molecule has 0 spiro atoms. The molecule has 1 fully saturated rings. The van der Waals surface area contributed by atoms with Crippen molar-refractivity contribution in [3.8, 4) is 0 Å². The van der Waals surface area contributed by atoms with Crippen LogP contribution in [0.3, 0.4) is 0 Å². The van der Waals surface area contributed by atoms with E-state index in [9.17, 15) is 8.42 Å².